The molecule has 2 saturated heterocycles. The Balaban J connectivity index is 1.69. The number of anilines is 2. The van der Waals surface area contributed by atoms with Crippen molar-refractivity contribution < 1.29 is 9.36 Å². The molecule has 2 aliphatic rings. The Morgan fingerprint density at radius 3 is 3.05 bits per heavy atom. The largest absolute Gasteiger partial charge is 0.399 e. The van der Waals surface area contributed by atoms with Gasteiger partial charge >= 0.3 is 6.01 Å². The first kappa shape index (κ1) is 13.2. The third kappa shape index (κ3) is 2.57. The standard InChI is InChI=1S/C13H21N5O2/c1-10-5-3-4-7-18(10)13-14-12(16-20-13)17-8-6-11(9-17)15-19-2/h10H,3-9H2,1-2H3/b15-11-/t10-/m0/s1. The van der Waals surface area contributed by atoms with Gasteiger partial charge in [-0.25, -0.2) is 0 Å². The maximum Gasteiger partial charge on any atom is 0.325 e. The summed E-state index contributed by atoms with van der Waals surface area (Å²) in [5.41, 5.74) is 1.02. The second-order valence-corrected chi connectivity index (χ2v) is 5.43. The molecule has 0 saturated carbocycles. The average Bonchev–Trinajstić information content (AvgIpc) is 3.08. The van der Waals surface area contributed by atoms with Crippen molar-refractivity contribution in [1.82, 2.24) is 10.1 Å². The van der Waals surface area contributed by atoms with E-state index in [1.165, 1.54) is 19.3 Å². The van der Waals surface area contributed by atoms with Gasteiger partial charge < -0.3 is 19.2 Å². The minimum atomic E-state index is 0.473. The van der Waals surface area contributed by atoms with Crippen molar-refractivity contribution in [2.75, 3.05) is 36.5 Å². The molecule has 20 heavy (non-hydrogen) atoms. The van der Waals surface area contributed by atoms with E-state index in [0.717, 1.165) is 25.2 Å². The van der Waals surface area contributed by atoms with Crippen LogP contribution in [0.5, 0.6) is 0 Å². The van der Waals surface area contributed by atoms with Crippen molar-refractivity contribution in [3.05, 3.63) is 0 Å². The lowest BCUT2D eigenvalue weighted by atomic mass is 10.0. The van der Waals surface area contributed by atoms with E-state index in [2.05, 4.69) is 32.0 Å². The quantitative estimate of drug-likeness (QED) is 0.784. The Labute approximate surface area is 118 Å². The van der Waals surface area contributed by atoms with Gasteiger partial charge in [-0.15, -0.1) is 0 Å². The summed E-state index contributed by atoms with van der Waals surface area (Å²) in [4.78, 5) is 13.6. The zero-order chi connectivity index (χ0) is 13.9. The number of rotatable bonds is 3. The van der Waals surface area contributed by atoms with Crippen LogP contribution in [0.25, 0.3) is 0 Å². The normalized spacial score (nSPS) is 25.5. The molecule has 3 rings (SSSR count). The summed E-state index contributed by atoms with van der Waals surface area (Å²) in [5.74, 6) is 0.652. The fourth-order valence-corrected chi connectivity index (χ4v) is 2.85. The summed E-state index contributed by atoms with van der Waals surface area (Å²) in [6, 6.07) is 1.12. The van der Waals surface area contributed by atoms with Crippen molar-refractivity contribution in [3.8, 4) is 0 Å². The highest BCUT2D eigenvalue weighted by atomic mass is 16.6. The number of hydrogen-bond donors (Lipinski definition) is 0. The third-order valence-corrected chi connectivity index (χ3v) is 4.00. The van der Waals surface area contributed by atoms with Crippen molar-refractivity contribution in [2.24, 2.45) is 5.16 Å². The Bertz CT molecular complexity index is 487. The van der Waals surface area contributed by atoms with E-state index in [9.17, 15) is 0 Å². The molecule has 0 N–H and O–H groups in total. The fourth-order valence-electron chi connectivity index (χ4n) is 2.85. The molecule has 3 heterocycles. The van der Waals surface area contributed by atoms with Crippen LogP contribution in [0.3, 0.4) is 0 Å². The van der Waals surface area contributed by atoms with Gasteiger partial charge in [-0.3, -0.25) is 0 Å². The van der Waals surface area contributed by atoms with Crippen LogP contribution in [0.1, 0.15) is 32.6 Å². The van der Waals surface area contributed by atoms with Gasteiger partial charge in [0.05, 0.1) is 12.3 Å². The van der Waals surface area contributed by atoms with Crippen LogP contribution in [-0.2, 0) is 4.84 Å². The van der Waals surface area contributed by atoms with E-state index >= 15 is 0 Å². The summed E-state index contributed by atoms with van der Waals surface area (Å²) in [5, 5.41) is 8.09. The Hall–Kier alpha value is -1.79. The van der Waals surface area contributed by atoms with E-state index in [0.29, 0.717) is 24.5 Å². The fraction of sp³-hybridized carbons (Fsp3) is 0.769. The maximum atomic E-state index is 5.43. The van der Waals surface area contributed by atoms with Gasteiger partial charge in [0.25, 0.3) is 5.95 Å². The maximum absolute atomic E-state index is 5.43. The van der Waals surface area contributed by atoms with Crippen LogP contribution in [0.15, 0.2) is 9.68 Å². The molecule has 7 nitrogen and oxygen atoms in total. The summed E-state index contributed by atoms with van der Waals surface area (Å²) in [7, 11) is 1.57. The third-order valence-electron chi connectivity index (χ3n) is 4.00. The molecule has 0 unspecified atom stereocenters. The molecule has 0 aromatic carbocycles. The van der Waals surface area contributed by atoms with Gasteiger partial charge in [-0.2, -0.15) is 4.98 Å². The van der Waals surface area contributed by atoms with E-state index < -0.39 is 0 Å². The molecule has 1 aromatic rings. The average molecular weight is 279 g/mol. The molecule has 1 atom stereocenters. The SMILES string of the molecule is CO/N=C1/CCN(c2noc(N3CCCC[C@@H]3C)n2)C1. The molecule has 7 heteroatoms. The Morgan fingerprint density at radius 1 is 1.35 bits per heavy atom. The zero-order valence-corrected chi connectivity index (χ0v) is 12.1. The Morgan fingerprint density at radius 2 is 2.25 bits per heavy atom. The molecule has 0 spiro atoms. The highest BCUT2D eigenvalue weighted by Crippen LogP contribution is 2.25. The molecule has 1 aromatic heterocycles. The number of hydrogen-bond acceptors (Lipinski definition) is 7. The van der Waals surface area contributed by atoms with E-state index in [1.807, 2.05) is 0 Å². The van der Waals surface area contributed by atoms with Crippen LogP contribution in [-0.4, -0.2) is 48.6 Å². The lowest BCUT2D eigenvalue weighted by molar-refractivity contribution is 0.212. The minimum Gasteiger partial charge on any atom is -0.399 e. The molecule has 0 aliphatic carbocycles. The van der Waals surface area contributed by atoms with Gasteiger partial charge in [-0.05, 0) is 31.3 Å². The summed E-state index contributed by atoms with van der Waals surface area (Å²) in [6.45, 7) is 4.78. The topological polar surface area (TPSA) is 67.0 Å². The van der Waals surface area contributed by atoms with E-state index in [1.54, 1.807) is 7.11 Å². The second-order valence-electron chi connectivity index (χ2n) is 5.43. The van der Waals surface area contributed by atoms with Crippen molar-refractivity contribution in [2.45, 2.75) is 38.6 Å². The molecule has 0 radical (unpaired) electrons. The molecule has 2 aliphatic heterocycles. The number of aromatic nitrogens is 2. The lowest BCUT2D eigenvalue weighted by Crippen LogP contribution is -2.37. The van der Waals surface area contributed by atoms with Crippen LogP contribution >= 0.6 is 0 Å². The van der Waals surface area contributed by atoms with Crippen LogP contribution in [0.2, 0.25) is 0 Å². The lowest BCUT2D eigenvalue weighted by Gasteiger charge is -2.31. The van der Waals surface area contributed by atoms with Crippen LogP contribution in [0, 0.1) is 0 Å². The van der Waals surface area contributed by atoms with Gasteiger partial charge in [0.2, 0.25) is 0 Å². The molecule has 0 amide bonds. The summed E-state index contributed by atoms with van der Waals surface area (Å²) < 4.78 is 5.43. The van der Waals surface area contributed by atoms with Crippen LogP contribution < -0.4 is 9.80 Å². The predicted octanol–water partition coefficient (Wildman–Crippen LogP) is 1.66. The molecular weight excluding hydrogens is 258 g/mol. The minimum absolute atomic E-state index is 0.473. The number of oxime groups is 1. The molecule has 2 fully saturated rings. The van der Waals surface area contributed by atoms with Crippen molar-refractivity contribution in [1.29, 1.82) is 0 Å². The molecule has 0 bridgehead atoms. The summed E-state index contributed by atoms with van der Waals surface area (Å²) >= 11 is 0. The van der Waals surface area contributed by atoms with Crippen molar-refractivity contribution in [3.63, 3.8) is 0 Å². The Kier molecular flexibility index (Phi) is 3.75. The number of piperidine rings is 1. The van der Waals surface area contributed by atoms with Gasteiger partial charge in [0, 0.05) is 25.6 Å². The number of nitrogens with zero attached hydrogens (tertiary/aromatic N) is 5. The van der Waals surface area contributed by atoms with Gasteiger partial charge in [0.15, 0.2) is 0 Å². The first-order chi connectivity index (χ1) is 9.78. The first-order valence-corrected chi connectivity index (χ1v) is 7.22. The summed E-state index contributed by atoms with van der Waals surface area (Å²) in [6.07, 6.45) is 4.54. The van der Waals surface area contributed by atoms with Gasteiger partial charge in [-0.1, -0.05) is 5.16 Å². The monoisotopic (exact) mass is 279 g/mol. The molecule has 110 valence electrons. The van der Waals surface area contributed by atoms with Gasteiger partial charge in [0.1, 0.15) is 7.11 Å². The van der Waals surface area contributed by atoms with E-state index in [4.69, 9.17) is 9.36 Å². The second kappa shape index (κ2) is 5.68. The smallest absolute Gasteiger partial charge is 0.325 e. The predicted molar refractivity (Wildman–Crippen MR) is 76.2 cm³/mol. The highest BCUT2D eigenvalue weighted by Gasteiger charge is 2.27. The zero-order valence-electron chi connectivity index (χ0n) is 12.1. The van der Waals surface area contributed by atoms with Crippen LogP contribution in [0.4, 0.5) is 12.0 Å². The highest BCUT2D eigenvalue weighted by molar-refractivity contribution is 5.91. The van der Waals surface area contributed by atoms with Crippen molar-refractivity contribution >= 4 is 17.7 Å². The first-order valence-electron chi connectivity index (χ1n) is 7.22. The molecular formula is C13H21N5O2. The van der Waals surface area contributed by atoms with E-state index in [-0.39, 0.29) is 0 Å².